The Bertz CT molecular complexity index is 3780. The van der Waals surface area contributed by atoms with Crippen molar-refractivity contribution in [2.75, 3.05) is 84.3 Å². The summed E-state index contributed by atoms with van der Waals surface area (Å²) in [5.74, 6) is 0. The number of aromatic nitrogens is 4. The molecule has 0 bridgehead atoms. The van der Waals surface area contributed by atoms with Gasteiger partial charge in [-0.05, 0) is 24.9 Å². The van der Waals surface area contributed by atoms with Crippen LogP contribution in [0.25, 0.3) is 37.5 Å². The minimum atomic E-state index is -6.09. The van der Waals surface area contributed by atoms with E-state index in [2.05, 4.69) is 84.6 Å². The fourth-order valence-corrected chi connectivity index (χ4v) is 18.1. The second-order valence-corrected chi connectivity index (χ2v) is 33.0. The molecular formula is C34H54N16Na4O31P8. The smallest absolute Gasteiger partial charge is 0.805 e. The molecule has 59 heteroatoms. The van der Waals surface area contributed by atoms with Gasteiger partial charge in [-0.2, -0.15) is 4.79 Å². The number of aromatic amines is 2. The molecule has 2 aromatic rings. The maximum absolute atomic E-state index is 13.1. The Morgan fingerprint density at radius 1 is 0.505 bits per heavy atom. The van der Waals surface area contributed by atoms with E-state index in [1.165, 1.54) is 26.2 Å². The zero-order chi connectivity index (χ0) is 68.9. The number of nitrogens with one attached hydrogen (secondary N) is 2. The van der Waals surface area contributed by atoms with E-state index in [-0.39, 0.29) is 142 Å². The maximum atomic E-state index is 13.1. The van der Waals surface area contributed by atoms with Crippen LogP contribution in [0.2, 0.25) is 0 Å². The number of hydrogen-bond donors (Lipinski definition) is 2. The van der Waals surface area contributed by atoms with Crippen molar-refractivity contribution in [3.05, 3.63) is 103 Å². The summed E-state index contributed by atoms with van der Waals surface area (Å²) in [4.78, 5) is 119. The number of ether oxygens (including phenoxy) is 2. The number of hydrogen-bond acceptors (Lipinski definition) is 33. The molecule has 47 nitrogen and oxygen atoms in total. The largest absolute Gasteiger partial charge is 1.00 e. The molecule has 2 N–H and O–H groups in total. The first-order chi connectivity index (χ1) is 41.3. The molecule has 2 saturated heterocycles. The van der Waals surface area contributed by atoms with Crippen molar-refractivity contribution in [2.45, 2.75) is 63.4 Å². The van der Waals surface area contributed by atoms with Crippen molar-refractivity contribution < 1.29 is 257 Å². The van der Waals surface area contributed by atoms with Gasteiger partial charge in [-0.3, -0.25) is 42.6 Å². The maximum Gasteiger partial charge on any atom is 1.00 e. The van der Waals surface area contributed by atoms with Gasteiger partial charge in [-0.1, -0.05) is 10.2 Å². The molecule has 93 heavy (non-hydrogen) atoms. The monoisotopic (exact) mass is 1520 g/mol. The van der Waals surface area contributed by atoms with E-state index in [0.29, 0.717) is 0 Å². The zero-order valence-corrected chi connectivity index (χ0v) is 67.1. The van der Waals surface area contributed by atoms with E-state index in [4.69, 9.17) is 40.6 Å². The van der Waals surface area contributed by atoms with Gasteiger partial charge >= 0.3 is 183 Å². The Morgan fingerprint density at radius 3 is 1.06 bits per heavy atom. The van der Waals surface area contributed by atoms with Gasteiger partial charge in [0.2, 0.25) is 12.9 Å². The van der Waals surface area contributed by atoms with Gasteiger partial charge in [0.15, 0.2) is 0 Å². The average molecular weight is 1520 g/mol. The molecule has 2 fully saturated rings. The molecule has 500 valence electrons. The van der Waals surface area contributed by atoms with Crippen LogP contribution >= 0.6 is 60.8 Å². The molecule has 4 heterocycles. The van der Waals surface area contributed by atoms with Crippen LogP contribution < -0.4 is 160 Å². The van der Waals surface area contributed by atoms with Crippen LogP contribution in [0.4, 0.5) is 4.79 Å². The first-order valence-corrected chi connectivity index (χ1v) is 35.4. The molecule has 5 unspecified atom stereocenters. The van der Waals surface area contributed by atoms with Crippen LogP contribution in [0, 0.1) is 13.8 Å². The molecule has 0 radical (unpaired) electrons. The third-order valence-electron chi connectivity index (χ3n) is 11.1. The van der Waals surface area contributed by atoms with Gasteiger partial charge in [0.1, 0.15) is 12.5 Å². The summed E-state index contributed by atoms with van der Waals surface area (Å²) in [5.41, 5.74) is 41.4. The van der Waals surface area contributed by atoms with Gasteiger partial charge in [0, 0.05) is 125 Å². The van der Waals surface area contributed by atoms with Gasteiger partial charge in [-0.15, -0.1) is 9.58 Å². The molecule has 0 aliphatic carbocycles. The van der Waals surface area contributed by atoms with Gasteiger partial charge in [0.05, 0.1) is 37.5 Å². The number of H-pyrrole nitrogens is 2. The molecule has 2 aliphatic rings. The molecule has 0 spiro atoms. The Labute approximate surface area is 612 Å². The van der Waals surface area contributed by atoms with Crippen LogP contribution in [-0.2, 0) is 100 Å². The van der Waals surface area contributed by atoms with E-state index in [9.17, 15) is 85.6 Å². The van der Waals surface area contributed by atoms with Gasteiger partial charge in [-0.25, -0.2) is 32.4 Å². The molecule has 9 atom stereocenters. The quantitative estimate of drug-likeness (QED) is 0.0199. The Morgan fingerprint density at radius 2 is 0.796 bits per heavy atom. The second kappa shape index (κ2) is 43.5. The number of carbonyl (C=O) groups is 1. The third-order valence-corrected chi connectivity index (χ3v) is 27.2. The van der Waals surface area contributed by atoms with E-state index < -0.39 is 154 Å². The molecule has 4 rings (SSSR count). The van der Waals surface area contributed by atoms with Crippen molar-refractivity contribution in [3.8, 4) is 0 Å². The number of carbonyl (C=O) groups excluding carboxylic acids is 1. The summed E-state index contributed by atoms with van der Waals surface area (Å²) >= 11 is 0. The van der Waals surface area contributed by atoms with E-state index in [0.717, 1.165) is 80.2 Å². The van der Waals surface area contributed by atoms with Crippen LogP contribution in [0.5, 0.6) is 0 Å². The number of aryl methyl sites for hydroxylation is 2. The van der Waals surface area contributed by atoms with Crippen molar-refractivity contribution in [1.29, 1.82) is 0 Å². The van der Waals surface area contributed by atoms with Crippen molar-refractivity contribution >= 4 is 81.6 Å². The van der Waals surface area contributed by atoms with Crippen molar-refractivity contribution in [1.82, 2.24) is 19.1 Å². The summed E-state index contributed by atoms with van der Waals surface area (Å²) in [6.45, 7) is 1.40. The normalized spacial score (nSPS) is 19.4. The van der Waals surface area contributed by atoms with Crippen molar-refractivity contribution in [2.24, 2.45) is 10.2 Å². The van der Waals surface area contributed by atoms with Crippen LogP contribution in [0.3, 0.4) is 0 Å². The van der Waals surface area contributed by atoms with Crippen molar-refractivity contribution in [3.63, 3.8) is 0 Å². The number of nitrogens with zero attached hydrogens (tertiary/aromatic N) is 14. The molecule has 0 aromatic carbocycles. The number of rotatable bonds is 28. The Hall–Kier alpha value is -1.09. The molecule has 0 saturated carbocycles. The van der Waals surface area contributed by atoms with Crippen LogP contribution in [-0.4, -0.2) is 163 Å². The molecule has 2 aromatic heterocycles. The van der Waals surface area contributed by atoms with Crippen LogP contribution in [0.15, 0.2) is 41.8 Å². The summed E-state index contributed by atoms with van der Waals surface area (Å²) in [6, 6.07) is -1.93. The van der Waals surface area contributed by atoms with E-state index in [1.807, 2.05) is 4.98 Å². The second-order valence-electron chi connectivity index (χ2n) is 16.1. The fraction of sp³-hybridized carbons (Fsp3) is 0.647. The first kappa shape index (κ1) is 98.3. The number of azide groups is 2. The fourth-order valence-electron chi connectivity index (χ4n) is 6.60. The minimum absolute atomic E-state index is 0. The third kappa shape index (κ3) is 26.4. The summed E-state index contributed by atoms with van der Waals surface area (Å²) in [7, 11) is -27.6. The van der Waals surface area contributed by atoms with E-state index in [1.54, 1.807) is 0 Å². The predicted octanol–water partition coefficient (Wildman–Crippen LogP) is -10.0. The summed E-state index contributed by atoms with van der Waals surface area (Å²) in [6.07, 6.45) is -2.01. The standard InChI is InChI=1S/C14H21N7O9P2.C11H15N5O10P2.C5H12N2O6P2.C4H10N2O6P2.4Na/c1-8-6-21(13(23)17-12(8)22)11-5-9(19-20-16)10(30-11)7-29-32(25,28-4)14(18-15)31(24,26-2)27-3;1-5-3-16(10(18)13-9(5)17)8-2-6(14-15-12)7(26-8)4-25-28(23,24)11(19)27(20,21)22;1-10-14(8,11-2)5(7-6)15(9,12-3)13-4;1-10-13(7,8)4(6-5)14(9,11-2)12-3;;;;/h6,9-11H,5,7H2,1-4H3,(H,17,22,23);3,6-8H,2,4H2,1H3,(H,23,24)(H,13,17,18)(H2,20,21,22);1-4H3;1-3H3,(H,7,8);;;;/q;;;;4*+1/p-4/t9?,10-,11-,32?;6?,7-,8-;;;;;;/m11....../s1. The zero-order valence-electron chi connectivity index (χ0n) is 51.9. The van der Waals surface area contributed by atoms with E-state index >= 15 is 0 Å². The van der Waals surface area contributed by atoms with Crippen LogP contribution in [0.1, 0.15) is 36.4 Å². The topological polar surface area (TPSA) is 692 Å². The SMILES string of the molecule is COP(=O)(OC)C(=[N+]=[N-])P(=O)(OC)OC.COP(=O)(OC)C(=[N+]=[N-])P(=O)(OC)OC[C@H]1O[C@@H](n2cc(C)c(=O)[nH]c2=O)CC1N=[N+]=[N-].COP(=O)([O-])C(=[N+]=[N-])P(=O)(OC)OC.Cc1cn([C@H]2CC(N=[N+]=[N-])[C@@H](COP(=O)([O-])C(=O)P(=O)([O-])[O-])O2)c(=O)[nH]c1=O.[Na+].[Na+].[Na+].[Na+]. The van der Waals surface area contributed by atoms with Gasteiger partial charge in [0.25, 0.3) is 18.7 Å². The summed E-state index contributed by atoms with van der Waals surface area (Å²) in [5, 5.41) is 1.38. The molecular weight excluding hydrogens is 1470 g/mol. The molecule has 0 amide bonds. The Kier molecular flexibility index (Phi) is 46.0. The minimum Gasteiger partial charge on any atom is -0.805 e. The Balaban J connectivity index is -0.000000592. The first-order valence-electron chi connectivity index (χ1n) is 23.1. The van der Waals surface area contributed by atoms with Gasteiger partial charge < -0.3 is 105 Å². The molecule has 2 aliphatic heterocycles. The predicted molar refractivity (Wildman–Crippen MR) is 289 cm³/mol. The average Bonchev–Trinajstić information content (AvgIpc) is 1.78. The summed E-state index contributed by atoms with van der Waals surface area (Å²) < 4.78 is 161.